The van der Waals surface area contributed by atoms with Crippen molar-refractivity contribution in [2.24, 2.45) is 0 Å². The van der Waals surface area contributed by atoms with Crippen LogP contribution in [0.3, 0.4) is 0 Å². The molecule has 0 fully saturated rings. The second kappa shape index (κ2) is 3.24. The molecule has 2 heteroatoms. The van der Waals surface area contributed by atoms with Gasteiger partial charge in [0, 0.05) is 35.1 Å². The summed E-state index contributed by atoms with van der Waals surface area (Å²) in [6.45, 7) is 0. The van der Waals surface area contributed by atoms with Gasteiger partial charge in [0.2, 0.25) is 0 Å². The van der Waals surface area contributed by atoms with Crippen LogP contribution in [0, 0.1) is 0 Å². The number of aromatic nitrogens is 2. The first-order valence-corrected chi connectivity index (χ1v) is 4.92. The molecule has 2 aromatic heterocycles. The smallest absolute Gasteiger partial charge is 0.0780 e. The fourth-order valence-electron chi connectivity index (χ4n) is 1.83. The van der Waals surface area contributed by atoms with E-state index < -0.39 is 0 Å². The van der Waals surface area contributed by atoms with Gasteiger partial charge in [0.05, 0.1) is 5.52 Å². The fraction of sp³-hybridized carbons (Fsp3) is 0. The molecule has 0 saturated carbocycles. The molecule has 0 unspecified atom stereocenters. The zero-order valence-electron chi connectivity index (χ0n) is 8.14. The van der Waals surface area contributed by atoms with Crippen LogP contribution in [-0.2, 0) is 0 Å². The average molecular weight is 194 g/mol. The van der Waals surface area contributed by atoms with Gasteiger partial charge in [-0.15, -0.1) is 0 Å². The van der Waals surface area contributed by atoms with Crippen molar-refractivity contribution in [3.63, 3.8) is 0 Å². The van der Waals surface area contributed by atoms with Crippen molar-refractivity contribution >= 4 is 10.9 Å². The van der Waals surface area contributed by atoms with Gasteiger partial charge in [-0.25, -0.2) is 0 Å². The Morgan fingerprint density at radius 3 is 2.80 bits per heavy atom. The Bertz CT molecular complexity index is 577. The van der Waals surface area contributed by atoms with Crippen molar-refractivity contribution in [1.29, 1.82) is 0 Å². The van der Waals surface area contributed by atoms with Gasteiger partial charge in [0.15, 0.2) is 0 Å². The number of aromatic amines is 1. The Balaban J connectivity index is 2.36. The summed E-state index contributed by atoms with van der Waals surface area (Å²) in [5.74, 6) is 0. The highest BCUT2D eigenvalue weighted by Gasteiger charge is 2.03. The number of hydrogen-bond donors (Lipinski definition) is 1. The summed E-state index contributed by atoms with van der Waals surface area (Å²) >= 11 is 0. The monoisotopic (exact) mass is 194 g/mol. The van der Waals surface area contributed by atoms with Crippen molar-refractivity contribution in [2.45, 2.75) is 0 Å². The Morgan fingerprint density at radius 1 is 1.00 bits per heavy atom. The molecule has 0 bridgehead atoms. The van der Waals surface area contributed by atoms with Gasteiger partial charge in [0.25, 0.3) is 0 Å². The summed E-state index contributed by atoms with van der Waals surface area (Å²) in [7, 11) is 0. The SMILES string of the molecule is c1cnc2c(-c3cc[nH]c3)cccc2c1. The van der Waals surface area contributed by atoms with Crippen LogP contribution in [0.25, 0.3) is 22.0 Å². The lowest BCUT2D eigenvalue weighted by Crippen LogP contribution is -1.82. The minimum Gasteiger partial charge on any atom is -0.367 e. The van der Waals surface area contributed by atoms with Gasteiger partial charge in [-0.2, -0.15) is 0 Å². The van der Waals surface area contributed by atoms with Gasteiger partial charge in [-0.3, -0.25) is 4.98 Å². The summed E-state index contributed by atoms with van der Waals surface area (Å²) in [5.41, 5.74) is 3.41. The number of nitrogens with zero attached hydrogens (tertiary/aromatic N) is 1. The molecule has 3 rings (SSSR count). The third-order valence-corrected chi connectivity index (χ3v) is 2.54. The largest absolute Gasteiger partial charge is 0.367 e. The molecule has 0 radical (unpaired) electrons. The van der Waals surface area contributed by atoms with Gasteiger partial charge < -0.3 is 4.98 Å². The first kappa shape index (κ1) is 8.24. The van der Waals surface area contributed by atoms with Crippen LogP contribution >= 0.6 is 0 Å². The predicted octanol–water partition coefficient (Wildman–Crippen LogP) is 3.23. The molecule has 3 aromatic rings. The van der Waals surface area contributed by atoms with Crippen molar-refractivity contribution in [1.82, 2.24) is 9.97 Å². The van der Waals surface area contributed by atoms with Gasteiger partial charge in [0.1, 0.15) is 0 Å². The summed E-state index contributed by atoms with van der Waals surface area (Å²) < 4.78 is 0. The Morgan fingerprint density at radius 2 is 1.93 bits per heavy atom. The van der Waals surface area contributed by atoms with E-state index in [9.17, 15) is 0 Å². The van der Waals surface area contributed by atoms with Crippen LogP contribution in [0.5, 0.6) is 0 Å². The molecule has 2 nitrogen and oxygen atoms in total. The number of benzene rings is 1. The quantitative estimate of drug-likeness (QED) is 0.633. The van der Waals surface area contributed by atoms with Crippen molar-refractivity contribution in [3.8, 4) is 11.1 Å². The molecule has 1 N–H and O–H groups in total. The van der Waals surface area contributed by atoms with Gasteiger partial charge >= 0.3 is 0 Å². The average Bonchev–Trinajstić information content (AvgIpc) is 2.82. The van der Waals surface area contributed by atoms with Crippen LogP contribution in [-0.4, -0.2) is 9.97 Å². The van der Waals surface area contributed by atoms with Crippen molar-refractivity contribution in [3.05, 3.63) is 55.0 Å². The summed E-state index contributed by atoms with van der Waals surface area (Å²) in [6.07, 6.45) is 5.75. The van der Waals surface area contributed by atoms with Crippen LogP contribution in [0.2, 0.25) is 0 Å². The highest BCUT2D eigenvalue weighted by Crippen LogP contribution is 2.26. The standard InChI is InChI=1S/C13H10N2/c1-3-10-4-2-7-15-13(10)12(5-1)11-6-8-14-9-11/h1-9,14H. The van der Waals surface area contributed by atoms with Crippen LogP contribution in [0.1, 0.15) is 0 Å². The van der Waals surface area contributed by atoms with E-state index in [0.29, 0.717) is 0 Å². The minimum atomic E-state index is 1.06. The summed E-state index contributed by atoms with van der Waals surface area (Å²) in [5, 5.41) is 1.18. The summed E-state index contributed by atoms with van der Waals surface area (Å²) in [6, 6.07) is 12.3. The highest BCUT2D eigenvalue weighted by molar-refractivity contribution is 5.93. The normalized spacial score (nSPS) is 10.7. The van der Waals surface area contributed by atoms with Crippen LogP contribution in [0.15, 0.2) is 55.0 Å². The zero-order chi connectivity index (χ0) is 10.1. The Hall–Kier alpha value is -2.09. The van der Waals surface area contributed by atoms with Gasteiger partial charge in [-0.1, -0.05) is 24.3 Å². The minimum absolute atomic E-state index is 1.06. The molecule has 72 valence electrons. The highest BCUT2D eigenvalue weighted by atomic mass is 14.7. The summed E-state index contributed by atoms with van der Waals surface area (Å²) in [4.78, 5) is 7.49. The first-order valence-electron chi connectivity index (χ1n) is 4.92. The number of pyridine rings is 1. The van der Waals surface area contributed by atoms with E-state index >= 15 is 0 Å². The molecule has 0 aliphatic rings. The molecule has 15 heavy (non-hydrogen) atoms. The zero-order valence-corrected chi connectivity index (χ0v) is 8.14. The lowest BCUT2D eigenvalue weighted by Gasteiger charge is -2.02. The molecular formula is C13H10N2. The Labute approximate surface area is 87.6 Å². The van der Waals surface area contributed by atoms with E-state index in [2.05, 4.69) is 40.3 Å². The third kappa shape index (κ3) is 1.31. The van der Waals surface area contributed by atoms with E-state index in [-0.39, 0.29) is 0 Å². The molecule has 1 aromatic carbocycles. The second-order valence-corrected chi connectivity index (χ2v) is 3.48. The number of H-pyrrole nitrogens is 1. The predicted molar refractivity (Wildman–Crippen MR) is 61.5 cm³/mol. The molecule has 0 amide bonds. The van der Waals surface area contributed by atoms with Crippen molar-refractivity contribution in [2.75, 3.05) is 0 Å². The van der Waals surface area contributed by atoms with E-state index in [1.165, 1.54) is 16.5 Å². The van der Waals surface area contributed by atoms with Gasteiger partial charge in [-0.05, 0) is 12.1 Å². The van der Waals surface area contributed by atoms with E-state index in [1.807, 2.05) is 24.7 Å². The van der Waals surface area contributed by atoms with E-state index in [0.717, 1.165) is 5.52 Å². The maximum Gasteiger partial charge on any atom is 0.0780 e. The maximum absolute atomic E-state index is 4.42. The van der Waals surface area contributed by atoms with Crippen molar-refractivity contribution < 1.29 is 0 Å². The fourth-order valence-corrected chi connectivity index (χ4v) is 1.83. The topological polar surface area (TPSA) is 28.7 Å². The molecule has 2 heterocycles. The Kier molecular flexibility index (Phi) is 1.78. The number of rotatable bonds is 1. The molecule has 0 spiro atoms. The molecular weight excluding hydrogens is 184 g/mol. The molecule has 0 atom stereocenters. The van der Waals surface area contributed by atoms with Crippen LogP contribution in [0.4, 0.5) is 0 Å². The number of para-hydroxylation sites is 1. The van der Waals surface area contributed by atoms with Crippen LogP contribution < -0.4 is 0 Å². The first-order chi connectivity index (χ1) is 7.45. The molecule has 0 aliphatic heterocycles. The lowest BCUT2D eigenvalue weighted by molar-refractivity contribution is 1.40. The lowest BCUT2D eigenvalue weighted by atomic mass is 10.1. The third-order valence-electron chi connectivity index (χ3n) is 2.54. The molecule has 0 aliphatic carbocycles. The number of fused-ring (bicyclic) bond motifs is 1. The number of nitrogens with one attached hydrogen (secondary N) is 1. The number of hydrogen-bond acceptors (Lipinski definition) is 1. The maximum atomic E-state index is 4.42. The van der Waals surface area contributed by atoms with E-state index in [4.69, 9.17) is 0 Å². The van der Waals surface area contributed by atoms with E-state index in [1.54, 1.807) is 0 Å². The second-order valence-electron chi connectivity index (χ2n) is 3.48. The molecule has 0 saturated heterocycles.